The van der Waals surface area contributed by atoms with Crippen LogP contribution in [0.4, 0.5) is 18.9 Å². The van der Waals surface area contributed by atoms with Crippen molar-refractivity contribution in [2.45, 2.75) is 25.1 Å². The Morgan fingerprint density at radius 3 is 2.48 bits per heavy atom. The number of halogens is 4. The molecule has 3 rings (SSSR count). The molecule has 1 aromatic carbocycles. The number of carboxylic acids is 2. The lowest BCUT2D eigenvalue weighted by molar-refractivity contribution is -0.142. The third-order valence-electron chi connectivity index (χ3n) is 4.31. The lowest BCUT2D eigenvalue weighted by Crippen LogP contribution is -2.36. The first kappa shape index (κ1) is 24.3. The van der Waals surface area contributed by atoms with Crippen LogP contribution in [0, 0.1) is 12.7 Å². The van der Waals surface area contributed by atoms with Crippen LogP contribution >= 0.6 is 23.4 Å². The van der Waals surface area contributed by atoms with E-state index in [4.69, 9.17) is 21.8 Å². The molecule has 2 aromatic rings. The number of nitrogens with zero attached hydrogens (tertiary/aromatic N) is 5. The molecule has 33 heavy (non-hydrogen) atoms. The molecule has 0 saturated carbocycles. The third-order valence-corrected chi connectivity index (χ3v) is 5.79. The first-order valence-corrected chi connectivity index (χ1v) is 10.1. The van der Waals surface area contributed by atoms with Crippen molar-refractivity contribution in [2.24, 2.45) is 4.99 Å². The molecule has 1 aliphatic rings. The standard InChI is InChI=1S/C17H13ClF3N5O6S/c1-6-23-26(17(32)25(6)15(20)21)10-3-9(7(18)2-8(10)19)22-16-24(5-13(29)30)14(31)11(33-16)4-12(27)28/h2-3,11,15H,4-5H2,1H3,(H,27,28)(H,29,30)/b22-16-. The zero-order valence-electron chi connectivity index (χ0n) is 16.4. The molecule has 1 aliphatic heterocycles. The zero-order valence-corrected chi connectivity index (χ0v) is 18.0. The second kappa shape index (κ2) is 9.27. The summed E-state index contributed by atoms with van der Waals surface area (Å²) >= 11 is 6.66. The van der Waals surface area contributed by atoms with E-state index in [0.29, 0.717) is 16.4 Å². The number of hydrogen-bond donors (Lipinski definition) is 2. The molecule has 1 amide bonds. The van der Waals surface area contributed by atoms with E-state index in [1.54, 1.807) is 0 Å². The fourth-order valence-corrected chi connectivity index (χ4v) is 4.23. The third kappa shape index (κ3) is 4.88. The lowest BCUT2D eigenvalue weighted by Gasteiger charge is -2.14. The molecular formula is C17H13ClF3N5O6S. The van der Waals surface area contributed by atoms with Crippen LogP contribution < -0.4 is 5.69 Å². The Morgan fingerprint density at radius 2 is 1.94 bits per heavy atom. The average Bonchev–Trinajstić information content (AvgIpc) is 3.13. The van der Waals surface area contributed by atoms with Gasteiger partial charge in [0.2, 0.25) is 5.91 Å². The summed E-state index contributed by atoms with van der Waals surface area (Å²) in [4.78, 5) is 51.6. The monoisotopic (exact) mass is 507 g/mol. The summed E-state index contributed by atoms with van der Waals surface area (Å²) in [6.07, 6.45) is -0.610. The summed E-state index contributed by atoms with van der Waals surface area (Å²) in [5, 5.41) is 20.0. The van der Waals surface area contributed by atoms with E-state index in [2.05, 4.69) is 10.1 Å². The normalized spacial score (nSPS) is 17.4. The van der Waals surface area contributed by atoms with Gasteiger partial charge in [-0.3, -0.25) is 19.3 Å². The van der Waals surface area contributed by atoms with Crippen LogP contribution in [0.2, 0.25) is 5.02 Å². The topological polar surface area (TPSA) is 147 Å². The average molecular weight is 508 g/mol. The predicted octanol–water partition coefficient (Wildman–Crippen LogP) is 2.02. The minimum atomic E-state index is -3.22. The highest BCUT2D eigenvalue weighted by molar-refractivity contribution is 8.15. The van der Waals surface area contributed by atoms with Crippen molar-refractivity contribution in [1.29, 1.82) is 0 Å². The number of hydrogen-bond acceptors (Lipinski definition) is 7. The van der Waals surface area contributed by atoms with Gasteiger partial charge in [0.25, 0.3) is 0 Å². The van der Waals surface area contributed by atoms with Gasteiger partial charge in [0.05, 0.1) is 17.1 Å². The van der Waals surface area contributed by atoms with Gasteiger partial charge in [-0.15, -0.1) is 5.10 Å². The molecule has 0 aliphatic carbocycles. The van der Waals surface area contributed by atoms with Gasteiger partial charge in [0.1, 0.15) is 23.3 Å². The van der Waals surface area contributed by atoms with E-state index in [1.807, 2.05) is 0 Å². The molecule has 1 atom stereocenters. The van der Waals surface area contributed by atoms with E-state index in [-0.39, 0.29) is 20.4 Å². The van der Waals surface area contributed by atoms with Crippen LogP contribution in [-0.4, -0.2) is 64.3 Å². The van der Waals surface area contributed by atoms with Crippen LogP contribution in [0.25, 0.3) is 5.69 Å². The zero-order chi connectivity index (χ0) is 24.6. The molecule has 1 unspecified atom stereocenters. The molecule has 0 spiro atoms. The van der Waals surface area contributed by atoms with Crippen LogP contribution in [-0.2, 0) is 14.4 Å². The molecule has 2 N–H and O–H groups in total. The summed E-state index contributed by atoms with van der Waals surface area (Å²) in [7, 11) is 0. The number of aromatic nitrogens is 3. The predicted molar refractivity (Wildman–Crippen MR) is 109 cm³/mol. The van der Waals surface area contributed by atoms with Gasteiger partial charge in [-0.1, -0.05) is 23.4 Å². The SMILES string of the molecule is Cc1nn(-c2cc(/N=C3\SC(CC(=O)O)C(=O)N3CC(=O)O)c(Cl)cc2F)c(=O)n1C(F)F. The maximum absolute atomic E-state index is 14.5. The van der Waals surface area contributed by atoms with Gasteiger partial charge in [-0.2, -0.15) is 13.5 Å². The number of amides is 1. The lowest BCUT2D eigenvalue weighted by atomic mass is 10.2. The number of amidine groups is 1. The molecule has 1 aromatic heterocycles. The summed E-state index contributed by atoms with van der Waals surface area (Å²) in [5.74, 6) is -5.00. The van der Waals surface area contributed by atoms with Crippen LogP contribution in [0.5, 0.6) is 0 Å². The van der Waals surface area contributed by atoms with E-state index >= 15 is 0 Å². The van der Waals surface area contributed by atoms with Gasteiger partial charge >= 0.3 is 24.2 Å². The molecule has 0 radical (unpaired) electrons. The molecule has 11 nitrogen and oxygen atoms in total. The fraction of sp³-hybridized carbons (Fsp3) is 0.294. The first-order valence-electron chi connectivity index (χ1n) is 8.86. The van der Waals surface area contributed by atoms with Crippen molar-refractivity contribution in [1.82, 2.24) is 19.2 Å². The highest BCUT2D eigenvalue weighted by Gasteiger charge is 2.40. The van der Waals surface area contributed by atoms with Crippen LogP contribution in [0.3, 0.4) is 0 Å². The minimum absolute atomic E-state index is 0.0379. The van der Waals surface area contributed by atoms with Crippen LogP contribution in [0.15, 0.2) is 21.9 Å². The fourth-order valence-electron chi connectivity index (χ4n) is 2.90. The Balaban J connectivity index is 2.11. The quantitative estimate of drug-likeness (QED) is 0.578. The van der Waals surface area contributed by atoms with Crippen molar-refractivity contribution in [3.8, 4) is 5.69 Å². The Hall–Kier alpha value is -3.33. The summed E-state index contributed by atoms with van der Waals surface area (Å²) in [6.45, 7) is -2.94. The summed E-state index contributed by atoms with van der Waals surface area (Å²) in [6, 6.07) is 1.64. The van der Waals surface area contributed by atoms with Crippen molar-refractivity contribution in [3.63, 3.8) is 0 Å². The van der Waals surface area contributed by atoms with Gasteiger partial charge in [0, 0.05) is 0 Å². The maximum atomic E-state index is 14.5. The number of carboxylic acid groups (broad SMARTS) is 2. The van der Waals surface area contributed by atoms with E-state index in [1.165, 1.54) is 0 Å². The molecule has 16 heteroatoms. The number of alkyl halides is 2. The van der Waals surface area contributed by atoms with E-state index in [0.717, 1.165) is 24.0 Å². The molecule has 1 fully saturated rings. The molecule has 0 bridgehead atoms. The first-order chi connectivity index (χ1) is 15.4. The Kier molecular flexibility index (Phi) is 6.83. The number of aliphatic imine (C=N–C) groups is 1. The van der Waals surface area contributed by atoms with Gasteiger partial charge in [-0.25, -0.2) is 18.7 Å². The molecule has 176 valence electrons. The van der Waals surface area contributed by atoms with E-state index < -0.39 is 65.6 Å². The largest absolute Gasteiger partial charge is 0.481 e. The van der Waals surface area contributed by atoms with Gasteiger partial charge in [0.15, 0.2) is 11.0 Å². The Bertz CT molecular complexity index is 1250. The number of carbonyl (C=O) groups excluding carboxylic acids is 1. The number of benzene rings is 1. The van der Waals surface area contributed by atoms with Crippen molar-refractivity contribution >= 4 is 52.1 Å². The number of carbonyl (C=O) groups is 3. The van der Waals surface area contributed by atoms with Gasteiger partial charge < -0.3 is 10.2 Å². The molecule has 1 saturated heterocycles. The van der Waals surface area contributed by atoms with Gasteiger partial charge in [-0.05, 0) is 19.1 Å². The van der Waals surface area contributed by atoms with E-state index in [9.17, 15) is 32.3 Å². The summed E-state index contributed by atoms with van der Waals surface area (Å²) < 4.78 is 41.1. The molecule has 2 heterocycles. The number of aryl methyl sites for hydroxylation is 1. The van der Waals surface area contributed by atoms with Crippen LogP contribution in [0.1, 0.15) is 18.8 Å². The van der Waals surface area contributed by atoms with Crippen molar-refractivity contribution < 1.29 is 37.8 Å². The maximum Gasteiger partial charge on any atom is 0.355 e. The highest BCUT2D eigenvalue weighted by Crippen LogP contribution is 2.35. The Morgan fingerprint density at radius 1 is 1.27 bits per heavy atom. The minimum Gasteiger partial charge on any atom is -0.481 e. The van der Waals surface area contributed by atoms with Crippen molar-refractivity contribution in [2.75, 3.05) is 6.54 Å². The summed E-state index contributed by atoms with van der Waals surface area (Å²) in [5.41, 5.74) is -2.15. The second-order valence-corrected chi connectivity index (χ2v) is 8.14. The smallest absolute Gasteiger partial charge is 0.355 e. The Labute approximate surface area is 191 Å². The number of rotatable bonds is 7. The second-order valence-electron chi connectivity index (χ2n) is 6.56. The van der Waals surface area contributed by atoms with Crippen molar-refractivity contribution in [3.05, 3.63) is 39.3 Å². The molecular weight excluding hydrogens is 495 g/mol. The number of aliphatic carboxylic acids is 2. The highest BCUT2D eigenvalue weighted by atomic mass is 35.5. The number of thioether (sulfide) groups is 1.